The molecule has 2 amide bonds. The Morgan fingerprint density at radius 3 is 2.81 bits per heavy atom. The first-order valence-electron chi connectivity index (χ1n) is 8.37. The lowest BCUT2D eigenvalue weighted by atomic mass is 9.90. The lowest BCUT2D eigenvalue weighted by Crippen LogP contribution is -2.45. The van der Waals surface area contributed by atoms with E-state index in [0.717, 1.165) is 0 Å². The Morgan fingerprint density at radius 1 is 1.44 bits per heavy atom. The SMILES string of the molecule is CC(=O)N1c2ccc(-c3nc(CCN)no3)cc2[C@H](NC(=O)O)C[C@@H]1C.Cl. The minimum atomic E-state index is -1.11. The Balaban J connectivity index is 0.00000261. The molecule has 27 heavy (non-hydrogen) atoms. The zero-order chi connectivity index (χ0) is 18.8. The number of anilines is 1. The molecule has 2 atom stereocenters. The van der Waals surface area contributed by atoms with Crippen LogP contribution in [-0.2, 0) is 11.2 Å². The second-order valence-corrected chi connectivity index (χ2v) is 6.30. The van der Waals surface area contributed by atoms with Gasteiger partial charge in [-0.2, -0.15) is 4.98 Å². The van der Waals surface area contributed by atoms with Crippen molar-refractivity contribution in [3.8, 4) is 11.5 Å². The highest BCUT2D eigenvalue weighted by Crippen LogP contribution is 2.39. The van der Waals surface area contributed by atoms with Crippen LogP contribution in [0.5, 0.6) is 0 Å². The summed E-state index contributed by atoms with van der Waals surface area (Å²) in [5.41, 5.74) is 7.55. The number of hydrogen-bond acceptors (Lipinski definition) is 6. The molecule has 1 aliphatic rings. The number of halogens is 1. The van der Waals surface area contributed by atoms with Gasteiger partial charge in [0, 0.05) is 30.6 Å². The van der Waals surface area contributed by atoms with Crippen LogP contribution in [0.3, 0.4) is 0 Å². The maximum Gasteiger partial charge on any atom is 0.405 e. The van der Waals surface area contributed by atoms with E-state index >= 15 is 0 Å². The molecule has 1 aromatic carbocycles. The smallest absolute Gasteiger partial charge is 0.405 e. The van der Waals surface area contributed by atoms with E-state index in [4.69, 9.17) is 15.4 Å². The normalized spacial score (nSPS) is 18.4. The molecule has 146 valence electrons. The summed E-state index contributed by atoms with van der Waals surface area (Å²) in [7, 11) is 0. The van der Waals surface area contributed by atoms with Gasteiger partial charge in [-0.3, -0.25) is 4.79 Å². The number of nitrogens with two attached hydrogens (primary N) is 1. The summed E-state index contributed by atoms with van der Waals surface area (Å²) in [6.07, 6.45) is -0.129. The molecule has 0 fully saturated rings. The van der Waals surface area contributed by atoms with Crippen LogP contribution in [-0.4, -0.2) is 39.8 Å². The van der Waals surface area contributed by atoms with Gasteiger partial charge >= 0.3 is 6.09 Å². The van der Waals surface area contributed by atoms with Crippen LogP contribution in [0.1, 0.15) is 37.7 Å². The number of aromatic nitrogens is 2. The van der Waals surface area contributed by atoms with Gasteiger partial charge < -0.3 is 25.6 Å². The van der Waals surface area contributed by atoms with Gasteiger partial charge in [-0.05, 0) is 43.7 Å². The monoisotopic (exact) mass is 395 g/mol. The first-order valence-corrected chi connectivity index (χ1v) is 8.37. The molecule has 4 N–H and O–H groups in total. The number of hydrogen-bond donors (Lipinski definition) is 3. The Kier molecular flexibility index (Phi) is 6.40. The van der Waals surface area contributed by atoms with Gasteiger partial charge in [-0.25, -0.2) is 4.79 Å². The summed E-state index contributed by atoms with van der Waals surface area (Å²) >= 11 is 0. The highest BCUT2D eigenvalue weighted by Gasteiger charge is 2.33. The van der Waals surface area contributed by atoms with Gasteiger partial charge in [0.25, 0.3) is 5.89 Å². The Hall–Kier alpha value is -2.65. The van der Waals surface area contributed by atoms with Gasteiger partial charge in [-0.1, -0.05) is 5.16 Å². The van der Waals surface area contributed by atoms with E-state index < -0.39 is 12.1 Å². The summed E-state index contributed by atoms with van der Waals surface area (Å²) in [4.78, 5) is 29.2. The first-order chi connectivity index (χ1) is 12.4. The molecule has 0 radical (unpaired) electrons. The molecule has 0 spiro atoms. The lowest BCUT2D eigenvalue weighted by molar-refractivity contribution is -0.117. The first kappa shape index (κ1) is 20.7. The van der Waals surface area contributed by atoms with Crippen LogP contribution >= 0.6 is 12.4 Å². The number of amides is 2. The Morgan fingerprint density at radius 2 is 2.19 bits per heavy atom. The van der Waals surface area contributed by atoms with E-state index in [-0.39, 0.29) is 24.4 Å². The van der Waals surface area contributed by atoms with Crippen LogP contribution in [0.2, 0.25) is 0 Å². The molecule has 0 aliphatic carbocycles. The average molecular weight is 396 g/mol. The Labute approximate surface area is 162 Å². The highest BCUT2D eigenvalue weighted by atomic mass is 35.5. The number of fused-ring (bicyclic) bond motifs is 1. The molecule has 0 bridgehead atoms. The van der Waals surface area contributed by atoms with Crippen molar-refractivity contribution in [1.29, 1.82) is 0 Å². The van der Waals surface area contributed by atoms with E-state index in [1.807, 2.05) is 6.92 Å². The number of nitrogens with one attached hydrogen (secondary N) is 1. The summed E-state index contributed by atoms with van der Waals surface area (Å²) in [6.45, 7) is 3.81. The quantitative estimate of drug-likeness (QED) is 0.721. The van der Waals surface area contributed by atoms with Gasteiger partial charge in [0.2, 0.25) is 5.91 Å². The van der Waals surface area contributed by atoms with E-state index in [1.165, 1.54) is 6.92 Å². The molecule has 1 aliphatic heterocycles. The second kappa shape index (κ2) is 8.36. The molecule has 1 aromatic heterocycles. The zero-order valence-corrected chi connectivity index (χ0v) is 15.8. The standard InChI is InChI=1S/C17H21N5O4.ClH/c1-9-7-13(19-17(24)25)12-8-11(3-4-14(12)22(9)10(2)23)16-20-15(5-6-18)21-26-16;/h3-4,8-9,13,19H,5-7,18H2,1-2H3,(H,24,25);1H/t9-,13+;/m0./s1. The van der Waals surface area contributed by atoms with E-state index in [1.54, 1.807) is 23.1 Å². The molecule has 10 heteroatoms. The minimum Gasteiger partial charge on any atom is -0.465 e. The molecule has 0 saturated carbocycles. The number of nitrogens with zero attached hydrogens (tertiary/aromatic N) is 3. The van der Waals surface area contributed by atoms with Crippen LogP contribution in [0.4, 0.5) is 10.5 Å². The third-order valence-corrected chi connectivity index (χ3v) is 4.40. The maximum atomic E-state index is 12.1. The van der Waals surface area contributed by atoms with Crippen LogP contribution in [0.15, 0.2) is 22.7 Å². The summed E-state index contributed by atoms with van der Waals surface area (Å²) in [5.74, 6) is 0.751. The summed E-state index contributed by atoms with van der Waals surface area (Å²) in [5, 5.41) is 15.6. The number of carbonyl (C=O) groups excluding carboxylic acids is 1. The van der Waals surface area contributed by atoms with Gasteiger partial charge in [-0.15, -0.1) is 12.4 Å². The average Bonchev–Trinajstić information content (AvgIpc) is 3.02. The van der Waals surface area contributed by atoms with Crippen LogP contribution < -0.4 is 16.0 Å². The summed E-state index contributed by atoms with van der Waals surface area (Å²) in [6, 6.07) is 4.80. The fraction of sp³-hybridized carbons (Fsp3) is 0.412. The van der Waals surface area contributed by atoms with Crippen molar-refractivity contribution in [3.05, 3.63) is 29.6 Å². The molecule has 3 rings (SSSR count). The van der Waals surface area contributed by atoms with Crippen molar-refractivity contribution < 1.29 is 19.2 Å². The zero-order valence-electron chi connectivity index (χ0n) is 15.0. The van der Waals surface area contributed by atoms with Gasteiger partial charge in [0.15, 0.2) is 5.82 Å². The lowest BCUT2D eigenvalue weighted by Gasteiger charge is -2.38. The van der Waals surface area contributed by atoms with E-state index in [0.29, 0.717) is 47.9 Å². The molecule has 2 heterocycles. The summed E-state index contributed by atoms with van der Waals surface area (Å²) < 4.78 is 5.27. The van der Waals surface area contributed by atoms with E-state index in [9.17, 15) is 9.59 Å². The van der Waals surface area contributed by atoms with Crippen molar-refractivity contribution in [2.24, 2.45) is 5.73 Å². The minimum absolute atomic E-state index is 0. The molecular formula is C17H22ClN5O4. The topological polar surface area (TPSA) is 135 Å². The molecule has 2 aromatic rings. The number of rotatable bonds is 4. The predicted octanol–water partition coefficient (Wildman–Crippen LogP) is 2.11. The third-order valence-electron chi connectivity index (χ3n) is 4.40. The van der Waals surface area contributed by atoms with E-state index in [2.05, 4.69) is 15.5 Å². The fourth-order valence-corrected chi connectivity index (χ4v) is 3.36. The predicted molar refractivity (Wildman–Crippen MR) is 101 cm³/mol. The largest absolute Gasteiger partial charge is 0.465 e. The van der Waals surface area contributed by atoms with Crippen molar-refractivity contribution in [2.45, 2.75) is 38.8 Å². The number of carbonyl (C=O) groups is 2. The molecule has 0 saturated heterocycles. The molecule has 0 unspecified atom stereocenters. The fourth-order valence-electron chi connectivity index (χ4n) is 3.36. The second-order valence-electron chi connectivity index (χ2n) is 6.30. The number of carboxylic acid groups (broad SMARTS) is 1. The molecule has 9 nitrogen and oxygen atoms in total. The third kappa shape index (κ3) is 4.20. The van der Waals surface area contributed by atoms with Gasteiger partial charge in [0.1, 0.15) is 0 Å². The number of benzene rings is 1. The Bertz CT molecular complexity index is 840. The maximum absolute atomic E-state index is 12.1. The highest BCUT2D eigenvalue weighted by molar-refractivity contribution is 5.94. The van der Waals surface area contributed by atoms with Crippen LogP contribution in [0.25, 0.3) is 11.5 Å². The molecular weight excluding hydrogens is 374 g/mol. The van der Waals surface area contributed by atoms with Gasteiger partial charge in [0.05, 0.1) is 6.04 Å². The van der Waals surface area contributed by atoms with Crippen LogP contribution in [0, 0.1) is 0 Å². The van der Waals surface area contributed by atoms with Crippen molar-refractivity contribution in [2.75, 3.05) is 11.4 Å². The van der Waals surface area contributed by atoms with Crippen molar-refractivity contribution >= 4 is 30.1 Å². The van der Waals surface area contributed by atoms with Crippen molar-refractivity contribution in [3.63, 3.8) is 0 Å². The van der Waals surface area contributed by atoms with Crippen molar-refractivity contribution in [1.82, 2.24) is 15.5 Å².